The standard InChI is InChI=1S/C16H24O3/c1-2-3-5-9-14-13(11-12-15(14)17)8-6-4-7-10-16(18)19/h3,5,11-14H,2,4,6-10H2,1H3,(H,18,19)/b5-3+. The van der Waals surface area contributed by atoms with Gasteiger partial charge in [-0.05, 0) is 37.7 Å². The fourth-order valence-corrected chi connectivity index (χ4v) is 2.52. The summed E-state index contributed by atoms with van der Waals surface area (Å²) in [5, 5.41) is 8.56. The Morgan fingerprint density at radius 2 is 2.11 bits per heavy atom. The summed E-state index contributed by atoms with van der Waals surface area (Å²) in [4.78, 5) is 22.2. The van der Waals surface area contributed by atoms with Gasteiger partial charge in [-0.1, -0.05) is 38.0 Å². The van der Waals surface area contributed by atoms with Crippen molar-refractivity contribution in [1.29, 1.82) is 0 Å². The number of carboxylic acid groups (broad SMARTS) is 1. The maximum Gasteiger partial charge on any atom is 0.303 e. The normalized spacial score (nSPS) is 22.5. The summed E-state index contributed by atoms with van der Waals surface area (Å²) in [5.41, 5.74) is 0. The molecule has 1 aliphatic rings. The maximum atomic E-state index is 11.8. The first-order valence-electron chi connectivity index (χ1n) is 7.24. The first-order chi connectivity index (χ1) is 9.15. The Morgan fingerprint density at radius 1 is 1.32 bits per heavy atom. The molecular weight excluding hydrogens is 240 g/mol. The second-order valence-corrected chi connectivity index (χ2v) is 5.14. The van der Waals surface area contributed by atoms with Crippen molar-refractivity contribution in [1.82, 2.24) is 0 Å². The smallest absolute Gasteiger partial charge is 0.303 e. The average molecular weight is 264 g/mol. The Hall–Kier alpha value is -1.38. The monoisotopic (exact) mass is 264 g/mol. The Kier molecular flexibility index (Phi) is 7.16. The van der Waals surface area contributed by atoms with Gasteiger partial charge in [-0.3, -0.25) is 9.59 Å². The van der Waals surface area contributed by atoms with Crippen LogP contribution in [0.15, 0.2) is 24.3 Å². The molecule has 2 unspecified atom stereocenters. The van der Waals surface area contributed by atoms with Crippen molar-refractivity contribution in [3.63, 3.8) is 0 Å². The Labute approximate surface area is 115 Å². The number of ketones is 1. The third kappa shape index (κ3) is 5.86. The van der Waals surface area contributed by atoms with Crippen molar-refractivity contribution in [2.24, 2.45) is 11.8 Å². The molecule has 0 spiro atoms. The molecule has 0 aromatic carbocycles. The predicted molar refractivity (Wildman–Crippen MR) is 75.9 cm³/mol. The maximum absolute atomic E-state index is 11.8. The summed E-state index contributed by atoms with van der Waals surface area (Å²) < 4.78 is 0. The summed E-state index contributed by atoms with van der Waals surface area (Å²) in [6.07, 6.45) is 13.7. The van der Waals surface area contributed by atoms with Gasteiger partial charge in [0.25, 0.3) is 0 Å². The molecule has 1 N–H and O–H groups in total. The number of hydrogen-bond donors (Lipinski definition) is 1. The van der Waals surface area contributed by atoms with Crippen LogP contribution in [0.2, 0.25) is 0 Å². The van der Waals surface area contributed by atoms with E-state index < -0.39 is 5.97 Å². The zero-order valence-electron chi connectivity index (χ0n) is 11.7. The molecule has 3 heteroatoms. The van der Waals surface area contributed by atoms with Crippen molar-refractivity contribution >= 4 is 11.8 Å². The summed E-state index contributed by atoms with van der Waals surface area (Å²) in [6.45, 7) is 2.09. The van der Waals surface area contributed by atoms with Gasteiger partial charge in [-0.2, -0.15) is 0 Å². The van der Waals surface area contributed by atoms with Gasteiger partial charge in [0.15, 0.2) is 5.78 Å². The molecule has 0 radical (unpaired) electrons. The van der Waals surface area contributed by atoms with Crippen LogP contribution in [0, 0.1) is 11.8 Å². The van der Waals surface area contributed by atoms with Gasteiger partial charge in [0, 0.05) is 12.3 Å². The fraction of sp³-hybridized carbons (Fsp3) is 0.625. The molecule has 106 valence electrons. The van der Waals surface area contributed by atoms with Gasteiger partial charge in [0.05, 0.1) is 0 Å². The van der Waals surface area contributed by atoms with Crippen molar-refractivity contribution in [3.05, 3.63) is 24.3 Å². The third-order valence-electron chi connectivity index (χ3n) is 3.61. The number of aliphatic carboxylic acids is 1. The predicted octanol–water partition coefficient (Wildman–Crippen LogP) is 3.75. The highest BCUT2D eigenvalue weighted by atomic mass is 16.4. The van der Waals surface area contributed by atoms with E-state index in [1.54, 1.807) is 6.08 Å². The lowest BCUT2D eigenvalue weighted by molar-refractivity contribution is -0.137. The molecule has 0 aromatic rings. The van der Waals surface area contributed by atoms with Gasteiger partial charge in [0.2, 0.25) is 0 Å². The number of carbonyl (C=O) groups excluding carboxylic acids is 1. The summed E-state index contributed by atoms with van der Waals surface area (Å²) in [5.74, 6) is -0.0177. The molecule has 1 rings (SSSR count). The molecule has 0 heterocycles. The highest BCUT2D eigenvalue weighted by molar-refractivity contribution is 5.94. The van der Waals surface area contributed by atoms with Gasteiger partial charge in [-0.25, -0.2) is 0 Å². The van der Waals surface area contributed by atoms with Crippen molar-refractivity contribution in [3.8, 4) is 0 Å². The number of carboxylic acids is 1. The molecule has 0 fully saturated rings. The third-order valence-corrected chi connectivity index (χ3v) is 3.61. The quantitative estimate of drug-likeness (QED) is 0.509. The van der Waals surface area contributed by atoms with Crippen LogP contribution in [-0.4, -0.2) is 16.9 Å². The zero-order chi connectivity index (χ0) is 14.1. The van der Waals surface area contributed by atoms with Crippen LogP contribution in [0.25, 0.3) is 0 Å². The van der Waals surface area contributed by atoms with Gasteiger partial charge in [0.1, 0.15) is 0 Å². The first kappa shape index (κ1) is 15.7. The van der Waals surface area contributed by atoms with Crippen LogP contribution < -0.4 is 0 Å². The molecule has 0 aromatic heterocycles. The van der Waals surface area contributed by atoms with E-state index in [1.807, 2.05) is 6.08 Å². The SMILES string of the molecule is CC/C=C/CC1C(=O)C=CC1CCCCCC(=O)O. The van der Waals surface area contributed by atoms with Crippen LogP contribution in [0.3, 0.4) is 0 Å². The molecular formula is C16H24O3. The Bertz CT molecular complexity index is 355. The average Bonchev–Trinajstić information content (AvgIpc) is 2.71. The summed E-state index contributed by atoms with van der Waals surface area (Å²) in [7, 11) is 0. The van der Waals surface area contributed by atoms with Crippen molar-refractivity contribution in [2.45, 2.75) is 51.9 Å². The van der Waals surface area contributed by atoms with Gasteiger partial charge < -0.3 is 5.11 Å². The van der Waals surface area contributed by atoms with Gasteiger partial charge in [-0.15, -0.1) is 0 Å². The number of unbranched alkanes of at least 4 members (excludes halogenated alkanes) is 2. The van der Waals surface area contributed by atoms with E-state index in [0.29, 0.717) is 5.92 Å². The highest BCUT2D eigenvalue weighted by Crippen LogP contribution is 2.30. The Balaban J connectivity index is 2.27. The van der Waals surface area contributed by atoms with Crippen LogP contribution >= 0.6 is 0 Å². The fourth-order valence-electron chi connectivity index (χ4n) is 2.52. The lowest BCUT2D eigenvalue weighted by Crippen LogP contribution is -2.15. The number of rotatable bonds is 9. The molecule has 1 aliphatic carbocycles. The van der Waals surface area contributed by atoms with Crippen LogP contribution in [0.4, 0.5) is 0 Å². The minimum absolute atomic E-state index is 0.113. The molecule has 0 aliphatic heterocycles. The number of carbonyl (C=O) groups is 2. The minimum atomic E-state index is -0.724. The van der Waals surface area contributed by atoms with E-state index >= 15 is 0 Å². The summed E-state index contributed by atoms with van der Waals surface area (Å²) in [6, 6.07) is 0. The van der Waals surface area contributed by atoms with E-state index in [0.717, 1.165) is 38.5 Å². The topological polar surface area (TPSA) is 54.4 Å². The van der Waals surface area contributed by atoms with Crippen molar-refractivity contribution < 1.29 is 14.7 Å². The molecule has 0 saturated heterocycles. The zero-order valence-corrected chi connectivity index (χ0v) is 11.7. The minimum Gasteiger partial charge on any atom is -0.481 e. The van der Waals surface area contributed by atoms with E-state index in [1.165, 1.54) is 0 Å². The van der Waals surface area contributed by atoms with Crippen LogP contribution in [-0.2, 0) is 9.59 Å². The van der Waals surface area contributed by atoms with Crippen molar-refractivity contribution in [2.75, 3.05) is 0 Å². The van der Waals surface area contributed by atoms with E-state index in [9.17, 15) is 9.59 Å². The van der Waals surface area contributed by atoms with E-state index in [2.05, 4.69) is 19.1 Å². The van der Waals surface area contributed by atoms with Crippen LogP contribution in [0.5, 0.6) is 0 Å². The number of hydrogen-bond acceptors (Lipinski definition) is 2. The largest absolute Gasteiger partial charge is 0.481 e. The molecule has 0 saturated carbocycles. The van der Waals surface area contributed by atoms with Gasteiger partial charge >= 0.3 is 5.97 Å². The molecule has 19 heavy (non-hydrogen) atoms. The molecule has 3 nitrogen and oxygen atoms in total. The van der Waals surface area contributed by atoms with E-state index in [-0.39, 0.29) is 18.1 Å². The lowest BCUT2D eigenvalue weighted by atomic mass is 9.87. The molecule has 0 amide bonds. The first-order valence-corrected chi connectivity index (χ1v) is 7.24. The molecule has 2 atom stereocenters. The second kappa shape index (κ2) is 8.68. The number of allylic oxidation sites excluding steroid dienone is 4. The van der Waals surface area contributed by atoms with Crippen LogP contribution in [0.1, 0.15) is 51.9 Å². The second-order valence-electron chi connectivity index (χ2n) is 5.14. The lowest BCUT2D eigenvalue weighted by Gasteiger charge is -2.16. The molecule has 0 bridgehead atoms. The van der Waals surface area contributed by atoms with E-state index in [4.69, 9.17) is 5.11 Å². The summed E-state index contributed by atoms with van der Waals surface area (Å²) >= 11 is 0. The Morgan fingerprint density at radius 3 is 2.79 bits per heavy atom. The highest BCUT2D eigenvalue weighted by Gasteiger charge is 2.28.